The van der Waals surface area contributed by atoms with Crippen LogP contribution in [0.2, 0.25) is 0 Å². The molecule has 0 amide bonds. The molecule has 7 aromatic rings. The minimum atomic E-state index is 0.265. The number of fused-ring (bicyclic) bond motifs is 8. The van der Waals surface area contributed by atoms with Crippen molar-refractivity contribution in [3.05, 3.63) is 107 Å². The molecule has 4 heterocycles. The van der Waals surface area contributed by atoms with Crippen LogP contribution in [0.3, 0.4) is 0 Å². The van der Waals surface area contributed by atoms with E-state index in [1.807, 2.05) is 0 Å². The fourth-order valence-electron chi connectivity index (χ4n) is 7.17. The predicted octanol–water partition coefficient (Wildman–Crippen LogP) is 8.67. The second-order valence-electron chi connectivity index (χ2n) is 12.4. The molecule has 5 nitrogen and oxygen atoms in total. The van der Waals surface area contributed by atoms with Gasteiger partial charge in [-0.3, -0.25) is 4.57 Å². The number of rotatable bonds is 4. The van der Waals surface area contributed by atoms with Crippen LogP contribution in [-0.4, -0.2) is 14.1 Å². The molecule has 0 fully saturated rings. The van der Waals surface area contributed by atoms with Gasteiger partial charge in [0.1, 0.15) is 35.1 Å². The van der Waals surface area contributed by atoms with E-state index in [-0.39, 0.29) is 5.92 Å². The number of hydrogen-bond acceptors (Lipinski definition) is 2. The van der Waals surface area contributed by atoms with Crippen molar-refractivity contribution in [2.24, 2.45) is 7.05 Å². The van der Waals surface area contributed by atoms with Crippen molar-refractivity contribution < 1.29 is 8.98 Å². The Kier molecular flexibility index (Phi) is 5.34. The third kappa shape index (κ3) is 3.37. The number of benzene rings is 4. The van der Waals surface area contributed by atoms with Gasteiger partial charge in [-0.05, 0) is 60.2 Å². The van der Waals surface area contributed by atoms with Crippen molar-refractivity contribution in [2.75, 3.05) is 0 Å². The molecule has 0 spiro atoms. The fraction of sp³-hybridized carbons (Fsp3) is 0.243. The Labute approximate surface area is 245 Å². The summed E-state index contributed by atoms with van der Waals surface area (Å²) in [6.45, 7) is 11.4. The maximum absolute atomic E-state index is 6.63. The lowest BCUT2D eigenvalue weighted by molar-refractivity contribution is -0.659. The molecule has 1 aliphatic heterocycles. The first kappa shape index (κ1) is 25.1. The molecule has 5 heteroatoms. The summed E-state index contributed by atoms with van der Waals surface area (Å²) in [4.78, 5) is 5.03. The molecule has 0 bridgehead atoms. The van der Waals surface area contributed by atoms with Crippen molar-refractivity contribution in [3.8, 4) is 22.8 Å². The van der Waals surface area contributed by atoms with E-state index in [0.29, 0.717) is 5.92 Å². The molecule has 0 radical (unpaired) electrons. The van der Waals surface area contributed by atoms with Crippen LogP contribution in [0.15, 0.2) is 83.5 Å². The van der Waals surface area contributed by atoms with Gasteiger partial charge in [-0.15, -0.1) is 0 Å². The second-order valence-corrected chi connectivity index (χ2v) is 12.4. The van der Waals surface area contributed by atoms with E-state index in [9.17, 15) is 0 Å². The number of para-hydroxylation sites is 3. The van der Waals surface area contributed by atoms with Gasteiger partial charge < -0.3 is 4.42 Å². The number of imidazole rings is 2. The van der Waals surface area contributed by atoms with Crippen LogP contribution < -0.4 is 4.57 Å². The lowest BCUT2D eigenvalue weighted by Gasteiger charge is -2.19. The molecule has 0 saturated heterocycles. The van der Waals surface area contributed by atoms with Gasteiger partial charge in [-0.1, -0.05) is 64.1 Å². The smallest absolute Gasteiger partial charge is 0.294 e. The number of aryl methyl sites for hydroxylation is 2. The summed E-state index contributed by atoms with van der Waals surface area (Å²) in [6, 6.07) is 23.8. The van der Waals surface area contributed by atoms with Crippen molar-refractivity contribution in [2.45, 2.75) is 52.9 Å². The van der Waals surface area contributed by atoms with Crippen LogP contribution in [0.25, 0.3) is 55.7 Å². The summed E-state index contributed by atoms with van der Waals surface area (Å²) in [7, 11) is 2.16. The maximum Gasteiger partial charge on any atom is 0.294 e. The Bertz CT molecular complexity index is 2200. The molecule has 3 aromatic heterocycles. The number of hydrogen-bond donors (Lipinski definition) is 0. The average Bonchev–Trinajstić information content (AvgIpc) is 3.72. The van der Waals surface area contributed by atoms with Gasteiger partial charge in [0.05, 0.1) is 29.3 Å². The first-order valence-electron chi connectivity index (χ1n) is 15.0. The monoisotopic (exact) mass is 551 g/mol. The molecule has 208 valence electrons. The summed E-state index contributed by atoms with van der Waals surface area (Å²) < 4.78 is 13.7. The minimum Gasteiger partial charge on any atom is -0.456 e. The first-order valence-corrected chi connectivity index (χ1v) is 15.0. The third-order valence-electron chi connectivity index (χ3n) is 9.07. The van der Waals surface area contributed by atoms with Gasteiger partial charge in [0.25, 0.3) is 5.82 Å². The zero-order chi connectivity index (χ0) is 28.9. The maximum atomic E-state index is 6.63. The molecular formula is C37H35N4O+. The van der Waals surface area contributed by atoms with E-state index in [2.05, 4.69) is 134 Å². The summed E-state index contributed by atoms with van der Waals surface area (Å²) >= 11 is 0. The van der Waals surface area contributed by atoms with E-state index in [1.54, 1.807) is 0 Å². The van der Waals surface area contributed by atoms with Gasteiger partial charge >= 0.3 is 0 Å². The van der Waals surface area contributed by atoms with Crippen LogP contribution in [0.1, 0.15) is 67.6 Å². The van der Waals surface area contributed by atoms with Gasteiger partial charge in [-0.25, -0.2) is 9.55 Å². The Morgan fingerprint density at radius 3 is 2.50 bits per heavy atom. The van der Waals surface area contributed by atoms with Gasteiger partial charge in [0, 0.05) is 28.3 Å². The molecule has 0 saturated carbocycles. The quantitative estimate of drug-likeness (QED) is 0.205. The molecule has 0 aliphatic carbocycles. The molecule has 0 unspecified atom stereocenters. The summed E-state index contributed by atoms with van der Waals surface area (Å²) in [5, 5.41) is 2.38. The normalized spacial score (nSPS) is 12.9. The molecule has 0 N–H and O–H groups in total. The Morgan fingerprint density at radius 1 is 0.905 bits per heavy atom. The molecular weight excluding hydrogens is 516 g/mol. The number of nitrogens with zero attached hydrogens (tertiary/aromatic N) is 4. The Balaban J connectivity index is 1.44. The number of furan rings is 1. The van der Waals surface area contributed by atoms with Gasteiger partial charge in [0.2, 0.25) is 0 Å². The van der Waals surface area contributed by atoms with Crippen LogP contribution in [0.4, 0.5) is 0 Å². The van der Waals surface area contributed by atoms with E-state index in [0.717, 1.165) is 28.9 Å². The van der Waals surface area contributed by atoms with E-state index in [4.69, 9.17) is 9.40 Å². The van der Waals surface area contributed by atoms with Crippen LogP contribution in [-0.2, 0) is 13.5 Å². The SMILES string of the molecule is Cc1ccc2c(c1-c1n(-c3c(C(C)C)cc4c(oc5ccccc54)c3C(C)C)cc[n+]1C)Cc1nc3ccccc3n1-2. The van der Waals surface area contributed by atoms with Crippen molar-refractivity contribution in [3.63, 3.8) is 0 Å². The third-order valence-corrected chi connectivity index (χ3v) is 9.07. The van der Waals surface area contributed by atoms with E-state index < -0.39 is 0 Å². The molecule has 4 aromatic carbocycles. The molecule has 42 heavy (non-hydrogen) atoms. The van der Waals surface area contributed by atoms with Crippen LogP contribution >= 0.6 is 0 Å². The highest BCUT2D eigenvalue weighted by Crippen LogP contribution is 2.44. The standard InChI is InChI=1S/C37H35N4O/c1-21(2)25-19-26-24-11-7-10-14-31(24)42-36(26)33(22(3)4)35(25)40-18-17-39(6)37(40)34-23(5)15-16-29-27(34)20-32-38-28-12-8-9-13-30(28)41(29)32/h7-19,21-22H,20H2,1-6H3/q+1. The van der Waals surface area contributed by atoms with Crippen molar-refractivity contribution in [1.82, 2.24) is 14.1 Å². The molecule has 8 rings (SSSR count). The molecule has 1 aliphatic rings. The topological polar surface area (TPSA) is 39.8 Å². The van der Waals surface area contributed by atoms with E-state index >= 15 is 0 Å². The Hall–Kier alpha value is -4.64. The molecule has 0 atom stereocenters. The first-order chi connectivity index (χ1) is 20.3. The lowest BCUT2D eigenvalue weighted by Crippen LogP contribution is -2.30. The lowest BCUT2D eigenvalue weighted by atomic mass is 9.89. The van der Waals surface area contributed by atoms with E-state index in [1.165, 1.54) is 61.3 Å². The van der Waals surface area contributed by atoms with Gasteiger partial charge in [-0.2, -0.15) is 4.57 Å². The zero-order valence-corrected chi connectivity index (χ0v) is 25.1. The van der Waals surface area contributed by atoms with Gasteiger partial charge in [0.15, 0.2) is 0 Å². The van der Waals surface area contributed by atoms with Crippen molar-refractivity contribution in [1.29, 1.82) is 0 Å². The highest BCUT2D eigenvalue weighted by molar-refractivity contribution is 6.07. The largest absolute Gasteiger partial charge is 0.456 e. The summed E-state index contributed by atoms with van der Waals surface area (Å²) in [6.07, 6.45) is 5.23. The van der Waals surface area contributed by atoms with Crippen molar-refractivity contribution >= 4 is 33.0 Å². The summed E-state index contributed by atoms with van der Waals surface area (Å²) in [5.41, 5.74) is 13.1. The van der Waals surface area contributed by atoms with Crippen LogP contribution in [0.5, 0.6) is 0 Å². The fourth-order valence-corrected chi connectivity index (χ4v) is 7.17. The minimum absolute atomic E-state index is 0.265. The highest BCUT2D eigenvalue weighted by Gasteiger charge is 2.34. The Morgan fingerprint density at radius 2 is 1.69 bits per heavy atom. The highest BCUT2D eigenvalue weighted by atomic mass is 16.3. The predicted molar refractivity (Wildman–Crippen MR) is 170 cm³/mol. The second kappa shape index (κ2) is 8.93. The summed E-state index contributed by atoms with van der Waals surface area (Å²) in [5.74, 6) is 2.88. The average molecular weight is 552 g/mol. The number of aromatic nitrogens is 4. The zero-order valence-electron chi connectivity index (χ0n) is 25.1. The van der Waals surface area contributed by atoms with Crippen LogP contribution in [0, 0.1) is 6.92 Å².